The number of nitriles is 2. The highest BCUT2D eigenvalue weighted by molar-refractivity contribution is 4.77. The van der Waals surface area contributed by atoms with Gasteiger partial charge in [-0.1, -0.05) is 84.5 Å². The van der Waals surface area contributed by atoms with Gasteiger partial charge in [0, 0.05) is 6.54 Å². The molecular formula is C21H40N4. The van der Waals surface area contributed by atoms with E-state index in [0.29, 0.717) is 0 Å². The summed E-state index contributed by atoms with van der Waals surface area (Å²) in [6.07, 6.45) is 21.8. The zero-order chi connectivity index (χ0) is 18.6. The maximum atomic E-state index is 7.48. The van der Waals surface area contributed by atoms with Crippen molar-refractivity contribution in [3.8, 4) is 12.4 Å². The largest absolute Gasteiger partial charge is 0.303 e. The highest BCUT2D eigenvalue weighted by Gasteiger charge is 2.17. The second-order valence-corrected chi connectivity index (χ2v) is 7.43. The average molecular weight is 349 g/mol. The van der Waals surface area contributed by atoms with Gasteiger partial charge in [0.25, 0.3) is 0 Å². The van der Waals surface area contributed by atoms with Crippen LogP contribution in [0.4, 0.5) is 0 Å². The van der Waals surface area contributed by atoms with Gasteiger partial charge in [-0.25, -0.2) is 5.32 Å². The molecule has 144 valence electrons. The van der Waals surface area contributed by atoms with Crippen molar-refractivity contribution in [2.45, 2.75) is 97.3 Å². The molecule has 1 fully saturated rings. The first-order valence-electron chi connectivity index (χ1n) is 10.5. The number of hydrogen-bond acceptors (Lipinski definition) is 4. The van der Waals surface area contributed by atoms with Crippen LogP contribution in [0.1, 0.15) is 97.3 Å². The summed E-state index contributed by atoms with van der Waals surface area (Å²) in [7, 11) is 0. The Balaban J connectivity index is 0.00000101. The molecule has 1 heterocycles. The molecule has 0 radical (unpaired) electrons. The lowest BCUT2D eigenvalue weighted by atomic mass is 10.1. The Bertz CT molecular complexity index is 344. The molecule has 4 heteroatoms. The van der Waals surface area contributed by atoms with Crippen molar-refractivity contribution < 1.29 is 0 Å². The molecule has 0 aliphatic carbocycles. The quantitative estimate of drug-likeness (QED) is 0.268. The molecule has 0 amide bonds. The van der Waals surface area contributed by atoms with Crippen LogP contribution in [-0.2, 0) is 0 Å². The molecule has 1 N–H and O–H groups in total. The van der Waals surface area contributed by atoms with Crippen LogP contribution in [0.2, 0.25) is 0 Å². The minimum Gasteiger partial charge on any atom is -0.303 e. The SMILES string of the molecule is CCCCCCCCCCCCCCN1CCC(C)C1.N#CNC#N. The van der Waals surface area contributed by atoms with Crippen LogP contribution < -0.4 is 5.32 Å². The van der Waals surface area contributed by atoms with Crippen molar-refractivity contribution in [3.63, 3.8) is 0 Å². The number of nitrogens with one attached hydrogen (secondary N) is 1. The van der Waals surface area contributed by atoms with Crippen molar-refractivity contribution >= 4 is 0 Å². The topological polar surface area (TPSA) is 62.9 Å². The second kappa shape index (κ2) is 19.1. The molecule has 1 saturated heterocycles. The molecule has 1 aliphatic heterocycles. The van der Waals surface area contributed by atoms with Crippen LogP contribution in [0.15, 0.2) is 0 Å². The van der Waals surface area contributed by atoms with Crippen LogP contribution in [0, 0.1) is 28.8 Å². The van der Waals surface area contributed by atoms with Crippen molar-refractivity contribution in [1.29, 1.82) is 10.5 Å². The van der Waals surface area contributed by atoms with Gasteiger partial charge in [-0.05, 0) is 31.8 Å². The average Bonchev–Trinajstić information content (AvgIpc) is 3.02. The van der Waals surface area contributed by atoms with Crippen LogP contribution >= 0.6 is 0 Å². The zero-order valence-corrected chi connectivity index (χ0v) is 16.7. The number of rotatable bonds is 13. The summed E-state index contributed by atoms with van der Waals surface area (Å²) < 4.78 is 0. The predicted octanol–water partition coefficient (Wildman–Crippen LogP) is 5.57. The van der Waals surface area contributed by atoms with Crippen LogP contribution in [-0.4, -0.2) is 24.5 Å². The maximum Gasteiger partial charge on any atom is 0.190 e. The molecule has 0 saturated carbocycles. The first-order chi connectivity index (χ1) is 12.2. The number of unbranched alkanes of at least 4 members (excludes halogenated alkanes) is 11. The lowest BCUT2D eigenvalue weighted by Gasteiger charge is -2.14. The van der Waals surface area contributed by atoms with E-state index in [1.807, 2.05) is 0 Å². The maximum absolute atomic E-state index is 7.48. The fourth-order valence-electron chi connectivity index (χ4n) is 3.43. The molecule has 0 aromatic heterocycles. The van der Waals surface area contributed by atoms with Gasteiger partial charge >= 0.3 is 0 Å². The third-order valence-corrected chi connectivity index (χ3v) is 4.95. The Labute approximate surface area is 156 Å². The molecule has 1 unspecified atom stereocenters. The van der Waals surface area contributed by atoms with E-state index in [2.05, 4.69) is 18.7 Å². The van der Waals surface area contributed by atoms with Crippen LogP contribution in [0.25, 0.3) is 0 Å². The van der Waals surface area contributed by atoms with Gasteiger partial charge in [-0.3, -0.25) is 0 Å². The minimum absolute atomic E-state index is 0.951. The third-order valence-electron chi connectivity index (χ3n) is 4.95. The van der Waals surface area contributed by atoms with Gasteiger partial charge in [0.05, 0.1) is 0 Å². The molecule has 1 atom stereocenters. The van der Waals surface area contributed by atoms with E-state index in [9.17, 15) is 0 Å². The Morgan fingerprint density at radius 1 is 0.840 bits per heavy atom. The van der Waals surface area contributed by atoms with Gasteiger partial charge < -0.3 is 4.90 Å². The van der Waals surface area contributed by atoms with Crippen molar-refractivity contribution in [2.24, 2.45) is 5.92 Å². The van der Waals surface area contributed by atoms with Crippen molar-refractivity contribution in [2.75, 3.05) is 19.6 Å². The Hall–Kier alpha value is -1.26. The molecule has 1 rings (SSSR count). The summed E-state index contributed by atoms with van der Waals surface area (Å²) in [4.78, 5) is 2.67. The fraction of sp³-hybridized carbons (Fsp3) is 0.905. The van der Waals surface area contributed by atoms with Crippen molar-refractivity contribution in [1.82, 2.24) is 10.2 Å². The molecule has 0 aromatic carbocycles. The Kier molecular flexibility index (Phi) is 18.1. The molecule has 0 bridgehead atoms. The predicted molar refractivity (Wildman–Crippen MR) is 106 cm³/mol. The molecule has 0 spiro atoms. The lowest BCUT2D eigenvalue weighted by Crippen LogP contribution is -2.21. The van der Waals surface area contributed by atoms with Gasteiger partial charge in [0.15, 0.2) is 12.4 Å². The van der Waals surface area contributed by atoms with E-state index in [1.165, 1.54) is 115 Å². The summed E-state index contributed by atoms with van der Waals surface area (Å²) >= 11 is 0. The van der Waals surface area contributed by atoms with Crippen LogP contribution in [0.5, 0.6) is 0 Å². The van der Waals surface area contributed by atoms with Gasteiger partial charge in [0.1, 0.15) is 0 Å². The van der Waals surface area contributed by atoms with Gasteiger partial charge in [-0.2, -0.15) is 10.5 Å². The van der Waals surface area contributed by atoms with Gasteiger partial charge in [-0.15, -0.1) is 0 Å². The van der Waals surface area contributed by atoms with Crippen molar-refractivity contribution in [3.05, 3.63) is 0 Å². The summed E-state index contributed by atoms with van der Waals surface area (Å²) in [5.41, 5.74) is 0. The fourth-order valence-corrected chi connectivity index (χ4v) is 3.43. The number of nitrogens with zero attached hydrogens (tertiary/aromatic N) is 3. The van der Waals surface area contributed by atoms with E-state index < -0.39 is 0 Å². The zero-order valence-electron chi connectivity index (χ0n) is 16.7. The molecule has 1 aliphatic rings. The van der Waals surface area contributed by atoms with E-state index in [-0.39, 0.29) is 0 Å². The molecule has 0 aromatic rings. The number of likely N-dealkylation sites (tertiary alicyclic amines) is 1. The highest BCUT2D eigenvalue weighted by atomic mass is 15.1. The first-order valence-corrected chi connectivity index (χ1v) is 10.5. The van der Waals surface area contributed by atoms with Gasteiger partial charge in [0.2, 0.25) is 0 Å². The lowest BCUT2D eigenvalue weighted by molar-refractivity contribution is 0.317. The molecular weight excluding hydrogens is 308 g/mol. The summed E-state index contributed by atoms with van der Waals surface area (Å²) in [5.74, 6) is 0.951. The molecule has 25 heavy (non-hydrogen) atoms. The second-order valence-electron chi connectivity index (χ2n) is 7.43. The standard InChI is InChI=1S/C19H39N.C2HN3/c1-3-4-5-6-7-8-9-10-11-12-13-14-16-20-17-15-19(2)18-20;3-1-5-2-4/h19H,3-18H2,1-2H3;5H. The summed E-state index contributed by atoms with van der Waals surface area (Å²) in [5, 5.41) is 16.7. The van der Waals surface area contributed by atoms with E-state index >= 15 is 0 Å². The Morgan fingerprint density at radius 2 is 1.32 bits per heavy atom. The summed E-state index contributed by atoms with van der Waals surface area (Å²) in [6, 6.07) is 0. The molecule has 4 nitrogen and oxygen atoms in total. The highest BCUT2D eigenvalue weighted by Crippen LogP contribution is 2.16. The van der Waals surface area contributed by atoms with E-state index in [1.54, 1.807) is 5.32 Å². The van der Waals surface area contributed by atoms with E-state index in [0.717, 1.165) is 5.92 Å². The normalized spacial score (nSPS) is 16.6. The Morgan fingerprint density at radius 3 is 1.68 bits per heavy atom. The number of hydrogen-bond donors (Lipinski definition) is 1. The summed E-state index contributed by atoms with van der Waals surface area (Å²) in [6.45, 7) is 8.77. The van der Waals surface area contributed by atoms with E-state index in [4.69, 9.17) is 10.5 Å². The van der Waals surface area contributed by atoms with Crippen LogP contribution in [0.3, 0.4) is 0 Å². The third kappa shape index (κ3) is 17.4. The monoisotopic (exact) mass is 348 g/mol. The first kappa shape index (κ1) is 23.7. The minimum atomic E-state index is 0.951. The smallest absolute Gasteiger partial charge is 0.190 e.